The van der Waals surface area contributed by atoms with E-state index in [1.54, 1.807) is 7.11 Å². The molecule has 2 atom stereocenters. The summed E-state index contributed by atoms with van der Waals surface area (Å²) in [6, 6.07) is 7.50. The third-order valence-corrected chi connectivity index (χ3v) is 2.83. The molecule has 1 aromatic carbocycles. The molecule has 0 saturated heterocycles. The predicted molar refractivity (Wildman–Crippen MR) is 73.7 cm³/mol. The monoisotopic (exact) mass is 250 g/mol. The highest BCUT2D eigenvalue weighted by Crippen LogP contribution is 2.08. The molecule has 0 bridgehead atoms. The van der Waals surface area contributed by atoms with Gasteiger partial charge in [-0.1, -0.05) is 17.7 Å². The van der Waals surface area contributed by atoms with E-state index in [1.807, 2.05) is 45.0 Å². The smallest absolute Gasteiger partial charge is 0.241 e. The molecule has 100 valence electrons. The van der Waals surface area contributed by atoms with Crippen LogP contribution in [-0.4, -0.2) is 31.7 Å². The summed E-state index contributed by atoms with van der Waals surface area (Å²) < 4.78 is 5.12. The molecule has 0 aliphatic heterocycles. The number of aryl methyl sites for hydroxylation is 1. The van der Waals surface area contributed by atoms with Gasteiger partial charge in [0.2, 0.25) is 5.91 Å². The van der Waals surface area contributed by atoms with Gasteiger partial charge in [0.1, 0.15) is 0 Å². The minimum absolute atomic E-state index is 0.0397. The average molecular weight is 250 g/mol. The predicted octanol–water partition coefficient (Wildman–Crippen LogP) is 1.95. The fourth-order valence-electron chi connectivity index (χ4n) is 1.41. The van der Waals surface area contributed by atoms with Crippen molar-refractivity contribution < 1.29 is 9.53 Å². The van der Waals surface area contributed by atoms with Gasteiger partial charge in [-0.05, 0) is 32.9 Å². The van der Waals surface area contributed by atoms with E-state index in [0.717, 1.165) is 5.69 Å². The van der Waals surface area contributed by atoms with Crippen molar-refractivity contribution in [3.63, 3.8) is 0 Å². The van der Waals surface area contributed by atoms with Crippen molar-refractivity contribution in [1.29, 1.82) is 0 Å². The second-order valence-corrected chi connectivity index (χ2v) is 4.53. The molecule has 2 unspecified atom stereocenters. The van der Waals surface area contributed by atoms with Crippen molar-refractivity contribution in [3.05, 3.63) is 29.8 Å². The summed E-state index contributed by atoms with van der Waals surface area (Å²) in [7, 11) is 1.66. The molecular weight excluding hydrogens is 228 g/mol. The van der Waals surface area contributed by atoms with Crippen LogP contribution >= 0.6 is 0 Å². The Morgan fingerprint density at radius 1 is 1.28 bits per heavy atom. The van der Waals surface area contributed by atoms with E-state index < -0.39 is 0 Å². The van der Waals surface area contributed by atoms with Gasteiger partial charge in [0.15, 0.2) is 0 Å². The lowest BCUT2D eigenvalue weighted by Crippen LogP contribution is -2.41. The molecule has 1 amide bonds. The van der Waals surface area contributed by atoms with Crippen LogP contribution < -0.4 is 10.6 Å². The Hall–Kier alpha value is -1.39. The van der Waals surface area contributed by atoms with Gasteiger partial charge in [-0.25, -0.2) is 0 Å². The highest BCUT2D eigenvalue weighted by atomic mass is 16.5. The summed E-state index contributed by atoms with van der Waals surface area (Å²) in [6.45, 7) is 6.46. The van der Waals surface area contributed by atoms with Crippen molar-refractivity contribution in [2.75, 3.05) is 19.0 Å². The molecule has 1 rings (SSSR count). The minimum atomic E-state index is -0.246. The maximum Gasteiger partial charge on any atom is 0.241 e. The molecule has 4 nitrogen and oxygen atoms in total. The molecule has 1 aromatic rings. The highest BCUT2D eigenvalue weighted by molar-refractivity contribution is 5.94. The Morgan fingerprint density at radius 3 is 2.44 bits per heavy atom. The quantitative estimate of drug-likeness (QED) is 0.811. The van der Waals surface area contributed by atoms with Crippen molar-refractivity contribution in [3.8, 4) is 0 Å². The summed E-state index contributed by atoms with van der Waals surface area (Å²) >= 11 is 0. The van der Waals surface area contributed by atoms with E-state index >= 15 is 0 Å². The fourth-order valence-corrected chi connectivity index (χ4v) is 1.41. The molecule has 2 N–H and O–H groups in total. The van der Waals surface area contributed by atoms with Gasteiger partial charge in [0.25, 0.3) is 0 Å². The van der Waals surface area contributed by atoms with Gasteiger partial charge in [-0.3, -0.25) is 4.79 Å². The lowest BCUT2D eigenvalue weighted by Gasteiger charge is -2.16. The van der Waals surface area contributed by atoms with Crippen LogP contribution in [0.1, 0.15) is 19.4 Å². The molecule has 0 aromatic heterocycles. The van der Waals surface area contributed by atoms with Gasteiger partial charge < -0.3 is 15.4 Å². The topological polar surface area (TPSA) is 50.4 Å². The first kappa shape index (κ1) is 14.7. The summed E-state index contributed by atoms with van der Waals surface area (Å²) in [5, 5.41) is 6.00. The Bertz CT molecular complexity index is 376. The standard InChI is InChI=1S/C14H22N2O2/c1-10-5-7-13(8-6-10)16-14(17)12(3)15-9-11(2)18-4/h5-8,11-12,15H,9H2,1-4H3,(H,16,17). The van der Waals surface area contributed by atoms with Crippen molar-refractivity contribution in [1.82, 2.24) is 5.32 Å². The summed E-state index contributed by atoms with van der Waals surface area (Å²) in [4.78, 5) is 11.9. The number of ether oxygens (including phenoxy) is 1. The van der Waals surface area contributed by atoms with E-state index in [0.29, 0.717) is 6.54 Å². The van der Waals surface area contributed by atoms with Gasteiger partial charge in [-0.15, -0.1) is 0 Å². The Balaban J connectivity index is 2.42. The van der Waals surface area contributed by atoms with E-state index in [1.165, 1.54) is 5.56 Å². The molecule has 18 heavy (non-hydrogen) atoms. The van der Waals surface area contributed by atoms with Crippen LogP contribution in [0.5, 0.6) is 0 Å². The largest absolute Gasteiger partial charge is 0.380 e. The number of anilines is 1. The van der Waals surface area contributed by atoms with Gasteiger partial charge in [-0.2, -0.15) is 0 Å². The number of methoxy groups -OCH3 is 1. The number of carbonyl (C=O) groups excluding carboxylic acids is 1. The zero-order valence-corrected chi connectivity index (χ0v) is 11.5. The lowest BCUT2D eigenvalue weighted by atomic mass is 10.2. The molecule has 0 radical (unpaired) electrons. The van der Waals surface area contributed by atoms with E-state index in [4.69, 9.17) is 4.74 Å². The maximum absolute atomic E-state index is 11.9. The Labute approximate surface area is 109 Å². The Morgan fingerprint density at radius 2 is 1.89 bits per heavy atom. The lowest BCUT2D eigenvalue weighted by molar-refractivity contribution is -0.117. The minimum Gasteiger partial charge on any atom is -0.380 e. The fraction of sp³-hybridized carbons (Fsp3) is 0.500. The molecule has 4 heteroatoms. The number of carbonyl (C=O) groups is 1. The zero-order valence-electron chi connectivity index (χ0n) is 11.5. The third-order valence-electron chi connectivity index (χ3n) is 2.83. The first-order chi connectivity index (χ1) is 8.52. The van der Waals surface area contributed by atoms with Gasteiger partial charge in [0, 0.05) is 19.3 Å². The van der Waals surface area contributed by atoms with E-state index in [2.05, 4.69) is 10.6 Å². The SMILES string of the molecule is COC(C)CNC(C)C(=O)Nc1ccc(C)cc1. The van der Waals surface area contributed by atoms with Crippen LogP contribution in [0.15, 0.2) is 24.3 Å². The molecule has 0 saturated carbocycles. The molecular formula is C14H22N2O2. The van der Waals surface area contributed by atoms with E-state index in [-0.39, 0.29) is 18.1 Å². The Kier molecular flexibility index (Phi) is 5.82. The number of nitrogens with one attached hydrogen (secondary N) is 2. The first-order valence-electron chi connectivity index (χ1n) is 6.16. The molecule has 0 spiro atoms. The van der Waals surface area contributed by atoms with Crippen molar-refractivity contribution >= 4 is 11.6 Å². The van der Waals surface area contributed by atoms with Crippen LogP contribution in [0.3, 0.4) is 0 Å². The van der Waals surface area contributed by atoms with Crippen molar-refractivity contribution in [2.24, 2.45) is 0 Å². The van der Waals surface area contributed by atoms with Crippen LogP contribution in [0.2, 0.25) is 0 Å². The molecule has 0 fully saturated rings. The summed E-state index contributed by atoms with van der Waals surface area (Å²) in [5.74, 6) is -0.0397. The zero-order chi connectivity index (χ0) is 13.5. The molecule has 0 aliphatic rings. The number of rotatable bonds is 6. The molecule has 0 aliphatic carbocycles. The van der Waals surface area contributed by atoms with E-state index in [9.17, 15) is 4.79 Å². The number of hydrogen-bond acceptors (Lipinski definition) is 3. The highest BCUT2D eigenvalue weighted by Gasteiger charge is 2.13. The van der Waals surface area contributed by atoms with Gasteiger partial charge >= 0.3 is 0 Å². The summed E-state index contributed by atoms with van der Waals surface area (Å²) in [5.41, 5.74) is 1.99. The average Bonchev–Trinajstić information content (AvgIpc) is 2.38. The number of hydrogen-bond donors (Lipinski definition) is 2. The number of amides is 1. The van der Waals surface area contributed by atoms with Crippen molar-refractivity contribution in [2.45, 2.75) is 32.9 Å². The van der Waals surface area contributed by atoms with Crippen LogP contribution in [-0.2, 0) is 9.53 Å². The van der Waals surface area contributed by atoms with Gasteiger partial charge in [0.05, 0.1) is 12.1 Å². The van der Waals surface area contributed by atoms with Crippen LogP contribution in [0, 0.1) is 6.92 Å². The molecule has 0 heterocycles. The number of benzene rings is 1. The first-order valence-corrected chi connectivity index (χ1v) is 6.16. The normalized spacial score (nSPS) is 14.0. The van der Waals surface area contributed by atoms with Crippen LogP contribution in [0.25, 0.3) is 0 Å². The second kappa shape index (κ2) is 7.13. The third kappa shape index (κ3) is 4.85. The maximum atomic E-state index is 11.9. The summed E-state index contributed by atoms with van der Waals surface area (Å²) in [6.07, 6.45) is 0.0969. The van der Waals surface area contributed by atoms with Crippen LogP contribution in [0.4, 0.5) is 5.69 Å². The second-order valence-electron chi connectivity index (χ2n) is 4.53.